The van der Waals surface area contributed by atoms with Gasteiger partial charge in [-0.1, -0.05) is 30.8 Å². The van der Waals surface area contributed by atoms with E-state index >= 15 is 0 Å². The summed E-state index contributed by atoms with van der Waals surface area (Å²) in [6.07, 6.45) is 8.73. The average molecular weight is 302 g/mol. The lowest BCUT2D eigenvalue weighted by Gasteiger charge is -2.14. The first kappa shape index (κ1) is 14.8. The van der Waals surface area contributed by atoms with E-state index in [1.54, 1.807) is 16.9 Å². The number of rotatable bonds is 3. The lowest BCUT2D eigenvalue weighted by Crippen LogP contribution is -2.34. The third-order valence-corrected chi connectivity index (χ3v) is 4.44. The molecule has 1 saturated carbocycles. The number of nitrogens with zero attached hydrogens (tertiary/aromatic N) is 3. The van der Waals surface area contributed by atoms with Gasteiger partial charge in [0.2, 0.25) is 5.76 Å². The normalized spacial score (nSPS) is 16.5. The number of aryl methyl sites for hydroxylation is 1. The summed E-state index contributed by atoms with van der Waals surface area (Å²) in [5.74, 6) is 0.0923. The van der Waals surface area contributed by atoms with Gasteiger partial charge in [0.05, 0.1) is 6.20 Å². The van der Waals surface area contributed by atoms with Gasteiger partial charge in [0, 0.05) is 30.4 Å². The van der Waals surface area contributed by atoms with Gasteiger partial charge in [-0.15, -0.1) is 0 Å². The summed E-state index contributed by atoms with van der Waals surface area (Å²) in [7, 11) is 1.87. The van der Waals surface area contributed by atoms with Gasteiger partial charge in [0.15, 0.2) is 0 Å². The molecule has 3 rings (SSSR count). The van der Waals surface area contributed by atoms with Gasteiger partial charge in [-0.3, -0.25) is 9.48 Å². The minimum atomic E-state index is -0.174. The number of hydrogen-bond donors (Lipinski definition) is 1. The minimum Gasteiger partial charge on any atom is -0.350 e. The van der Waals surface area contributed by atoms with Crippen molar-refractivity contribution in [3.63, 3.8) is 0 Å². The maximum Gasteiger partial charge on any atom is 0.290 e. The van der Waals surface area contributed by atoms with Gasteiger partial charge in [-0.2, -0.15) is 5.10 Å². The van der Waals surface area contributed by atoms with Crippen LogP contribution >= 0.6 is 0 Å². The van der Waals surface area contributed by atoms with Crippen molar-refractivity contribution >= 4 is 5.91 Å². The molecule has 6 heteroatoms. The molecule has 0 atom stereocenters. The van der Waals surface area contributed by atoms with Crippen molar-refractivity contribution in [3.05, 3.63) is 23.7 Å². The molecule has 1 fully saturated rings. The highest BCUT2D eigenvalue weighted by Gasteiger charge is 2.20. The Balaban J connectivity index is 1.70. The molecule has 2 aromatic heterocycles. The molecule has 2 heterocycles. The van der Waals surface area contributed by atoms with Crippen molar-refractivity contribution in [1.29, 1.82) is 0 Å². The summed E-state index contributed by atoms with van der Waals surface area (Å²) >= 11 is 0. The van der Waals surface area contributed by atoms with Gasteiger partial charge in [0.25, 0.3) is 5.91 Å². The van der Waals surface area contributed by atoms with Crippen LogP contribution < -0.4 is 5.32 Å². The molecular weight excluding hydrogens is 280 g/mol. The predicted molar refractivity (Wildman–Crippen MR) is 82.4 cm³/mol. The number of hydrogen-bond acceptors (Lipinski definition) is 4. The van der Waals surface area contributed by atoms with Crippen LogP contribution in [0.1, 0.15) is 54.8 Å². The molecule has 0 bridgehead atoms. The van der Waals surface area contributed by atoms with Crippen LogP contribution in [0.5, 0.6) is 0 Å². The van der Waals surface area contributed by atoms with Crippen LogP contribution in [0.2, 0.25) is 0 Å². The van der Waals surface area contributed by atoms with E-state index in [1.807, 2.05) is 14.0 Å². The first-order valence-electron chi connectivity index (χ1n) is 7.91. The van der Waals surface area contributed by atoms with E-state index in [1.165, 1.54) is 25.7 Å². The number of aromatic nitrogens is 3. The first-order valence-corrected chi connectivity index (χ1v) is 7.91. The van der Waals surface area contributed by atoms with Crippen LogP contribution in [0.4, 0.5) is 0 Å². The lowest BCUT2D eigenvalue weighted by atomic mass is 10.1. The second kappa shape index (κ2) is 6.34. The molecule has 1 N–H and O–H groups in total. The highest BCUT2D eigenvalue weighted by atomic mass is 16.5. The van der Waals surface area contributed by atoms with Crippen molar-refractivity contribution in [3.8, 4) is 11.3 Å². The predicted octanol–water partition coefficient (Wildman–Crippen LogP) is 2.84. The molecule has 2 aromatic rings. The first-order chi connectivity index (χ1) is 10.6. The van der Waals surface area contributed by atoms with Crippen molar-refractivity contribution in [2.75, 3.05) is 0 Å². The molecule has 0 aliphatic heterocycles. The number of nitrogens with one attached hydrogen (secondary N) is 1. The average Bonchev–Trinajstić information content (AvgIpc) is 3.01. The summed E-state index contributed by atoms with van der Waals surface area (Å²) in [5.41, 5.74) is 2.53. The molecule has 0 unspecified atom stereocenters. The van der Waals surface area contributed by atoms with Crippen LogP contribution in [-0.2, 0) is 7.05 Å². The van der Waals surface area contributed by atoms with Gasteiger partial charge < -0.3 is 9.84 Å². The summed E-state index contributed by atoms with van der Waals surface area (Å²) in [6, 6.07) is 1.94. The van der Waals surface area contributed by atoms with E-state index in [2.05, 4.69) is 15.6 Å². The molecular formula is C16H22N4O2. The monoisotopic (exact) mass is 302 g/mol. The topological polar surface area (TPSA) is 73.0 Å². The molecule has 0 aromatic carbocycles. The maximum atomic E-state index is 12.3. The molecule has 1 amide bonds. The van der Waals surface area contributed by atoms with Crippen LogP contribution in [0, 0.1) is 6.92 Å². The number of amides is 1. The van der Waals surface area contributed by atoms with Crippen molar-refractivity contribution < 1.29 is 9.32 Å². The fraction of sp³-hybridized carbons (Fsp3) is 0.562. The molecule has 1 aliphatic carbocycles. The fourth-order valence-corrected chi connectivity index (χ4v) is 2.94. The quantitative estimate of drug-likeness (QED) is 0.885. The van der Waals surface area contributed by atoms with E-state index in [4.69, 9.17) is 4.52 Å². The Morgan fingerprint density at radius 2 is 2.05 bits per heavy atom. The second-order valence-corrected chi connectivity index (χ2v) is 6.01. The van der Waals surface area contributed by atoms with E-state index in [9.17, 15) is 4.79 Å². The zero-order chi connectivity index (χ0) is 15.5. The molecule has 6 nitrogen and oxygen atoms in total. The van der Waals surface area contributed by atoms with Crippen molar-refractivity contribution in [1.82, 2.24) is 20.3 Å². The van der Waals surface area contributed by atoms with Gasteiger partial charge in [-0.05, 0) is 19.8 Å². The smallest absolute Gasteiger partial charge is 0.290 e. The highest BCUT2D eigenvalue weighted by Crippen LogP contribution is 2.23. The Bertz CT molecular complexity index is 651. The fourth-order valence-electron chi connectivity index (χ4n) is 2.94. The zero-order valence-corrected chi connectivity index (χ0v) is 13.1. The Hall–Kier alpha value is -2.11. The SMILES string of the molecule is Cc1c(-c2cc(C(=O)NC3CCCCCC3)on2)cnn1C. The summed E-state index contributed by atoms with van der Waals surface area (Å²) in [5, 5.41) is 11.3. The van der Waals surface area contributed by atoms with Gasteiger partial charge in [0.1, 0.15) is 5.69 Å². The maximum absolute atomic E-state index is 12.3. The standard InChI is InChI=1S/C16H22N4O2/c1-11-13(10-17-20(11)2)14-9-15(22-19-14)16(21)18-12-7-5-3-4-6-8-12/h9-10,12H,3-8H2,1-2H3,(H,18,21). The summed E-state index contributed by atoms with van der Waals surface area (Å²) in [6.45, 7) is 1.96. The Morgan fingerprint density at radius 1 is 1.32 bits per heavy atom. The van der Waals surface area contributed by atoms with Crippen molar-refractivity contribution in [2.24, 2.45) is 7.05 Å². The molecule has 22 heavy (non-hydrogen) atoms. The summed E-state index contributed by atoms with van der Waals surface area (Å²) < 4.78 is 6.99. The van der Waals surface area contributed by atoms with Gasteiger partial charge in [-0.25, -0.2) is 0 Å². The molecule has 1 aliphatic rings. The number of carbonyl (C=O) groups excluding carboxylic acids is 1. The van der Waals surface area contributed by atoms with E-state index < -0.39 is 0 Å². The second-order valence-electron chi connectivity index (χ2n) is 6.01. The molecule has 0 radical (unpaired) electrons. The van der Waals surface area contributed by atoms with E-state index in [0.29, 0.717) is 5.69 Å². The van der Waals surface area contributed by atoms with Crippen LogP contribution in [0.3, 0.4) is 0 Å². The highest BCUT2D eigenvalue weighted by molar-refractivity contribution is 5.92. The minimum absolute atomic E-state index is 0.174. The van der Waals surface area contributed by atoms with E-state index in [-0.39, 0.29) is 17.7 Å². The van der Waals surface area contributed by atoms with Crippen LogP contribution in [-0.4, -0.2) is 26.9 Å². The Kier molecular flexibility index (Phi) is 4.27. The zero-order valence-electron chi connectivity index (χ0n) is 13.1. The van der Waals surface area contributed by atoms with Crippen LogP contribution in [0.15, 0.2) is 16.8 Å². The van der Waals surface area contributed by atoms with E-state index in [0.717, 1.165) is 24.1 Å². The molecule has 0 saturated heterocycles. The molecule has 118 valence electrons. The van der Waals surface area contributed by atoms with Gasteiger partial charge >= 0.3 is 0 Å². The third-order valence-electron chi connectivity index (χ3n) is 4.44. The summed E-state index contributed by atoms with van der Waals surface area (Å²) in [4.78, 5) is 12.3. The van der Waals surface area contributed by atoms with Crippen molar-refractivity contribution in [2.45, 2.75) is 51.5 Å². The Morgan fingerprint density at radius 3 is 2.68 bits per heavy atom. The Labute approximate surface area is 129 Å². The van der Waals surface area contributed by atoms with Crippen LogP contribution in [0.25, 0.3) is 11.3 Å². The largest absolute Gasteiger partial charge is 0.350 e. The molecule has 0 spiro atoms. The number of carbonyl (C=O) groups is 1. The third kappa shape index (κ3) is 3.05. The lowest BCUT2D eigenvalue weighted by molar-refractivity contribution is 0.0896.